The van der Waals surface area contributed by atoms with Crippen molar-refractivity contribution in [2.75, 3.05) is 13.2 Å². The Morgan fingerprint density at radius 1 is 0.958 bits per heavy atom. The largest absolute Gasteiger partial charge is 0.494 e. The van der Waals surface area contributed by atoms with E-state index in [9.17, 15) is 0 Å². The molecule has 0 aromatic heterocycles. The van der Waals surface area contributed by atoms with Gasteiger partial charge in [-0.2, -0.15) is 0 Å². The van der Waals surface area contributed by atoms with E-state index < -0.39 is 0 Å². The van der Waals surface area contributed by atoms with E-state index >= 15 is 0 Å². The fourth-order valence-corrected chi connectivity index (χ4v) is 2.19. The highest BCUT2D eigenvalue weighted by atomic mass is 16.5. The number of allylic oxidation sites excluding steroid dienone is 8. The van der Waals surface area contributed by atoms with Crippen LogP contribution in [0.3, 0.4) is 0 Å². The molecule has 8 heteroatoms. The zero-order chi connectivity index (χ0) is 17.4. The molecule has 0 unspecified atom stereocenters. The van der Waals surface area contributed by atoms with E-state index in [0.29, 0.717) is 36.2 Å². The van der Waals surface area contributed by atoms with Gasteiger partial charge in [-0.15, -0.1) is 0 Å². The van der Waals surface area contributed by atoms with E-state index in [1.165, 1.54) is 0 Å². The monoisotopic (exact) mass is 324 g/mol. The highest BCUT2D eigenvalue weighted by molar-refractivity contribution is 6.10. The lowest BCUT2D eigenvalue weighted by Gasteiger charge is -2.18. The molecule has 0 fully saturated rings. The molecule has 8 nitrogen and oxygen atoms in total. The molecule has 0 aromatic rings. The summed E-state index contributed by atoms with van der Waals surface area (Å²) in [6, 6.07) is 0. The Labute approximate surface area is 139 Å². The van der Waals surface area contributed by atoms with Crippen molar-refractivity contribution in [2.45, 2.75) is 13.8 Å². The zero-order valence-corrected chi connectivity index (χ0v) is 13.4. The minimum atomic E-state index is 0.429. The van der Waals surface area contributed by atoms with Gasteiger partial charge in [-0.1, -0.05) is 18.2 Å². The lowest BCUT2D eigenvalue weighted by Crippen LogP contribution is -2.10. The van der Waals surface area contributed by atoms with Gasteiger partial charge in [0.1, 0.15) is 5.76 Å². The molecule has 122 valence electrons. The summed E-state index contributed by atoms with van der Waals surface area (Å²) < 4.78 is 11.1. The number of hydrogen-bond donors (Lipinski definition) is 0. The Kier molecular flexibility index (Phi) is 5.91. The van der Waals surface area contributed by atoms with E-state index in [1.54, 1.807) is 24.3 Å². The standard InChI is InChI=1S/C16H16N6O2/c1-3-23-15-9-11(5-7-13(15)19-21-17)12-6-8-14(20-22-18)16(10-12)24-4-2/h5-10H,3-4H2,1-2H3. The molecular weight excluding hydrogens is 308 g/mol. The maximum atomic E-state index is 8.62. The highest BCUT2D eigenvalue weighted by Crippen LogP contribution is 2.24. The lowest BCUT2D eigenvalue weighted by atomic mass is 9.97. The average Bonchev–Trinajstić information content (AvgIpc) is 2.59. The second kappa shape index (κ2) is 8.33. The summed E-state index contributed by atoms with van der Waals surface area (Å²) in [6.45, 7) is 4.62. The predicted molar refractivity (Wildman–Crippen MR) is 90.5 cm³/mol. The minimum absolute atomic E-state index is 0.429. The molecule has 2 aliphatic carbocycles. The first-order valence-electron chi connectivity index (χ1n) is 7.37. The van der Waals surface area contributed by atoms with E-state index in [1.807, 2.05) is 26.0 Å². The first kappa shape index (κ1) is 17.0. The number of diazo groups is 1. The number of ether oxygens (including phenoxy) is 2. The average molecular weight is 324 g/mol. The maximum Gasteiger partial charge on any atom is 0.339 e. The molecule has 0 saturated carbocycles. The molecule has 0 N–H and O–H groups in total. The van der Waals surface area contributed by atoms with Crippen LogP contribution in [0.15, 0.2) is 74.5 Å². The van der Waals surface area contributed by atoms with Gasteiger partial charge in [0.2, 0.25) is 0 Å². The third-order valence-corrected chi connectivity index (χ3v) is 3.16. The second-order valence-electron chi connectivity index (χ2n) is 4.61. The third-order valence-electron chi connectivity index (χ3n) is 3.16. The van der Waals surface area contributed by atoms with Crippen LogP contribution in [-0.4, -0.2) is 24.6 Å². The molecule has 0 aliphatic heterocycles. The molecule has 0 spiro atoms. The molecule has 2 aliphatic rings. The van der Waals surface area contributed by atoms with E-state index in [0.717, 1.165) is 11.1 Å². The molecule has 0 bridgehead atoms. The fourth-order valence-electron chi connectivity index (χ4n) is 2.19. The normalized spacial score (nSPS) is 22.9. The molecule has 0 radical (unpaired) electrons. The van der Waals surface area contributed by atoms with Crippen molar-refractivity contribution in [3.05, 3.63) is 69.7 Å². The van der Waals surface area contributed by atoms with Gasteiger partial charge < -0.3 is 20.1 Å². The molecule has 0 atom stereocenters. The van der Waals surface area contributed by atoms with E-state index in [2.05, 4.69) is 20.5 Å². The summed E-state index contributed by atoms with van der Waals surface area (Å²) in [5.74, 6) is 1.01. The smallest absolute Gasteiger partial charge is 0.339 e. The Hall–Kier alpha value is -3.34. The first-order chi connectivity index (χ1) is 11.7. The van der Waals surface area contributed by atoms with Crippen molar-refractivity contribution in [1.82, 2.24) is 0 Å². The van der Waals surface area contributed by atoms with Crippen molar-refractivity contribution in [3.63, 3.8) is 0 Å². The Balaban J connectivity index is 2.45. The van der Waals surface area contributed by atoms with E-state index in [4.69, 9.17) is 20.4 Å². The second-order valence-corrected chi connectivity index (χ2v) is 4.61. The van der Waals surface area contributed by atoms with Crippen molar-refractivity contribution < 1.29 is 9.47 Å². The van der Waals surface area contributed by atoms with E-state index in [-0.39, 0.29) is 0 Å². The Morgan fingerprint density at radius 3 is 2.00 bits per heavy atom. The van der Waals surface area contributed by atoms with Crippen LogP contribution in [0.4, 0.5) is 0 Å². The zero-order valence-electron chi connectivity index (χ0n) is 13.4. The minimum Gasteiger partial charge on any atom is -0.494 e. The quantitative estimate of drug-likeness (QED) is 0.435. The van der Waals surface area contributed by atoms with Gasteiger partial charge in [0.25, 0.3) is 5.39 Å². The van der Waals surface area contributed by atoms with Crippen LogP contribution < -0.4 is 0 Å². The summed E-state index contributed by atoms with van der Waals surface area (Å²) >= 11 is 0. The number of nitrogens with zero attached hydrogens (tertiary/aromatic N) is 6. The third kappa shape index (κ3) is 3.89. The van der Waals surface area contributed by atoms with Crippen LogP contribution in [0.25, 0.3) is 10.6 Å². The van der Waals surface area contributed by atoms with Crippen LogP contribution in [0.5, 0.6) is 0 Å². The van der Waals surface area contributed by atoms with Crippen LogP contribution >= 0.6 is 0 Å². The van der Waals surface area contributed by atoms with Crippen LogP contribution in [0.2, 0.25) is 0 Å². The molecular formula is C16H16N6O2. The van der Waals surface area contributed by atoms with Crippen molar-refractivity contribution in [1.29, 1.82) is 5.39 Å². The topological polar surface area (TPSA) is 106 Å². The summed E-state index contributed by atoms with van der Waals surface area (Å²) in [5, 5.41) is 21.5. The summed E-state index contributed by atoms with van der Waals surface area (Å²) in [7, 11) is 0. The molecule has 24 heavy (non-hydrogen) atoms. The van der Waals surface area contributed by atoms with Crippen LogP contribution in [-0.2, 0) is 9.47 Å². The van der Waals surface area contributed by atoms with Crippen LogP contribution in [0.1, 0.15) is 13.8 Å². The predicted octanol–water partition coefficient (Wildman–Crippen LogP) is 3.85. The maximum absolute atomic E-state index is 8.62. The van der Waals surface area contributed by atoms with Gasteiger partial charge in [0, 0.05) is 5.71 Å². The molecule has 0 aromatic carbocycles. The molecule has 0 amide bonds. The van der Waals surface area contributed by atoms with Crippen LogP contribution in [0, 0.1) is 5.39 Å². The first-order valence-corrected chi connectivity index (χ1v) is 7.37. The van der Waals surface area contributed by atoms with Gasteiger partial charge in [-0.3, -0.25) is 5.22 Å². The Morgan fingerprint density at radius 2 is 1.50 bits per heavy atom. The van der Waals surface area contributed by atoms with Gasteiger partial charge in [-0.25, -0.2) is 0 Å². The van der Waals surface area contributed by atoms with Crippen molar-refractivity contribution in [3.8, 4) is 0 Å². The van der Waals surface area contributed by atoms with Gasteiger partial charge in [0.15, 0.2) is 16.6 Å². The number of hydrogen-bond acceptors (Lipinski definition) is 5. The summed E-state index contributed by atoms with van der Waals surface area (Å²) in [5.41, 5.74) is 11.2. The van der Waals surface area contributed by atoms with Gasteiger partial charge >= 0.3 is 5.08 Å². The molecule has 0 saturated heterocycles. The lowest BCUT2D eigenvalue weighted by molar-refractivity contribution is 0.249. The SMILES string of the molecule is CCOC1=CC(=C2C=CC(=N[N+]#N)C(OCC)=C2)C=CC1=NN=[N-]. The Bertz CT molecular complexity index is 775. The van der Waals surface area contributed by atoms with Gasteiger partial charge in [0.05, 0.1) is 13.2 Å². The molecule has 0 heterocycles. The fraction of sp³-hybridized carbons (Fsp3) is 0.250. The van der Waals surface area contributed by atoms with Gasteiger partial charge in [-0.05, 0) is 43.2 Å². The highest BCUT2D eigenvalue weighted by Gasteiger charge is 2.17. The summed E-state index contributed by atoms with van der Waals surface area (Å²) in [6.07, 6.45) is 10.6. The van der Waals surface area contributed by atoms with Crippen molar-refractivity contribution in [2.24, 2.45) is 15.4 Å². The summed E-state index contributed by atoms with van der Waals surface area (Å²) in [4.78, 5) is 0. The molecule has 2 rings (SSSR count). The van der Waals surface area contributed by atoms with Crippen molar-refractivity contribution >= 4 is 11.4 Å². The number of rotatable bonds is 5.